The summed E-state index contributed by atoms with van der Waals surface area (Å²) in [5.74, 6) is 0.956. The smallest absolute Gasteiger partial charge is 0.119 e. The number of hydrogen-bond donors (Lipinski definition) is 0. The summed E-state index contributed by atoms with van der Waals surface area (Å²) in [5.41, 5.74) is 0. The fourth-order valence-electron chi connectivity index (χ4n) is 2.72. The van der Waals surface area contributed by atoms with E-state index in [1.165, 1.54) is 38.5 Å². The molecule has 0 amide bonds. The molecular formula is C16H24BrNO. The molecule has 0 radical (unpaired) electrons. The molecule has 0 bridgehead atoms. The Kier molecular flexibility index (Phi) is 6.18. The summed E-state index contributed by atoms with van der Waals surface area (Å²) in [7, 11) is 2.24. The van der Waals surface area contributed by atoms with Crippen molar-refractivity contribution < 1.29 is 4.74 Å². The maximum atomic E-state index is 5.79. The van der Waals surface area contributed by atoms with Gasteiger partial charge in [0.15, 0.2) is 0 Å². The van der Waals surface area contributed by atoms with Gasteiger partial charge in [0.05, 0.1) is 0 Å². The van der Waals surface area contributed by atoms with Gasteiger partial charge >= 0.3 is 0 Å². The van der Waals surface area contributed by atoms with Gasteiger partial charge in [0, 0.05) is 17.1 Å². The van der Waals surface area contributed by atoms with Gasteiger partial charge < -0.3 is 9.64 Å². The Bertz CT molecular complexity index is 358. The average Bonchev–Trinajstić information content (AvgIpc) is 2.70. The number of hydrogen-bond acceptors (Lipinski definition) is 2. The zero-order valence-electron chi connectivity index (χ0n) is 11.8. The van der Waals surface area contributed by atoms with E-state index in [1.807, 2.05) is 24.3 Å². The van der Waals surface area contributed by atoms with Crippen LogP contribution in [0.15, 0.2) is 28.7 Å². The van der Waals surface area contributed by atoms with Crippen LogP contribution in [0.1, 0.15) is 38.5 Å². The van der Waals surface area contributed by atoms with E-state index in [2.05, 4.69) is 27.9 Å². The van der Waals surface area contributed by atoms with E-state index in [9.17, 15) is 0 Å². The topological polar surface area (TPSA) is 12.5 Å². The molecule has 2 rings (SSSR count). The molecule has 1 aromatic rings. The second kappa shape index (κ2) is 7.91. The average molecular weight is 326 g/mol. The summed E-state index contributed by atoms with van der Waals surface area (Å²) in [4.78, 5) is 2.48. The fourth-order valence-corrected chi connectivity index (χ4v) is 2.98. The highest BCUT2D eigenvalue weighted by Crippen LogP contribution is 2.21. The molecule has 1 fully saturated rings. The second-order valence-corrected chi connectivity index (χ2v) is 6.34. The molecule has 0 saturated heterocycles. The van der Waals surface area contributed by atoms with Crippen LogP contribution in [-0.2, 0) is 0 Å². The lowest BCUT2D eigenvalue weighted by molar-refractivity contribution is 0.178. The van der Waals surface area contributed by atoms with Crippen LogP contribution in [0.5, 0.6) is 5.75 Å². The predicted octanol–water partition coefficient (Wildman–Crippen LogP) is 4.48. The molecule has 0 heterocycles. The third-order valence-corrected chi connectivity index (χ3v) is 4.50. The van der Waals surface area contributed by atoms with Crippen LogP contribution in [0.4, 0.5) is 0 Å². The second-order valence-electron chi connectivity index (χ2n) is 5.43. The summed E-state index contributed by atoms with van der Waals surface area (Å²) in [6, 6.07) is 8.82. The Morgan fingerprint density at radius 1 is 1.11 bits per heavy atom. The molecule has 1 aliphatic rings. The Balaban J connectivity index is 1.70. The van der Waals surface area contributed by atoms with Gasteiger partial charge in [-0.1, -0.05) is 41.6 Å². The summed E-state index contributed by atoms with van der Waals surface area (Å²) in [5, 5.41) is 0. The van der Waals surface area contributed by atoms with Crippen molar-refractivity contribution in [2.24, 2.45) is 0 Å². The lowest BCUT2D eigenvalue weighted by atomic mass is 10.1. The summed E-state index contributed by atoms with van der Waals surface area (Å²) in [6.07, 6.45) is 8.33. The number of likely N-dealkylation sites (N-methyl/N-ethyl adjacent to an activating group) is 1. The molecule has 0 atom stereocenters. The highest BCUT2D eigenvalue weighted by molar-refractivity contribution is 9.10. The molecule has 3 heteroatoms. The van der Waals surface area contributed by atoms with Crippen LogP contribution in [-0.4, -0.2) is 31.1 Å². The van der Waals surface area contributed by atoms with Crippen LogP contribution in [0.25, 0.3) is 0 Å². The highest BCUT2D eigenvalue weighted by atomic mass is 79.9. The third kappa shape index (κ3) is 5.15. The summed E-state index contributed by atoms with van der Waals surface area (Å²) >= 11 is 3.43. The zero-order chi connectivity index (χ0) is 13.5. The van der Waals surface area contributed by atoms with Crippen molar-refractivity contribution in [1.29, 1.82) is 0 Å². The molecule has 1 aromatic carbocycles. The number of nitrogens with zero attached hydrogens (tertiary/aromatic N) is 1. The molecule has 2 nitrogen and oxygen atoms in total. The summed E-state index contributed by atoms with van der Waals surface area (Å²) < 4.78 is 6.88. The minimum Gasteiger partial charge on any atom is -0.492 e. The van der Waals surface area contributed by atoms with Crippen LogP contribution < -0.4 is 4.74 Å². The molecule has 1 aliphatic carbocycles. The van der Waals surface area contributed by atoms with E-state index in [0.717, 1.165) is 29.4 Å². The number of rotatable bonds is 5. The Morgan fingerprint density at radius 3 is 2.37 bits per heavy atom. The van der Waals surface area contributed by atoms with E-state index in [0.29, 0.717) is 0 Å². The standard InChI is InChI=1S/C16H24BrNO/c1-18(15-6-4-2-3-5-7-15)12-13-19-16-10-8-14(17)9-11-16/h8-11,15H,2-7,12-13H2,1H3. The lowest BCUT2D eigenvalue weighted by Gasteiger charge is -2.26. The first-order valence-electron chi connectivity index (χ1n) is 7.34. The maximum absolute atomic E-state index is 5.79. The van der Waals surface area contributed by atoms with Gasteiger partial charge in [-0.05, 0) is 44.2 Å². The Hall–Kier alpha value is -0.540. The molecular weight excluding hydrogens is 302 g/mol. The van der Waals surface area contributed by atoms with Gasteiger partial charge in [0.1, 0.15) is 12.4 Å². The van der Waals surface area contributed by atoms with Crippen LogP contribution >= 0.6 is 15.9 Å². The number of halogens is 1. The number of ether oxygens (including phenoxy) is 1. The van der Waals surface area contributed by atoms with Gasteiger partial charge in [-0.15, -0.1) is 0 Å². The van der Waals surface area contributed by atoms with Crippen molar-refractivity contribution in [3.05, 3.63) is 28.7 Å². The van der Waals surface area contributed by atoms with Gasteiger partial charge in [0.2, 0.25) is 0 Å². The third-order valence-electron chi connectivity index (χ3n) is 3.97. The molecule has 19 heavy (non-hydrogen) atoms. The first-order chi connectivity index (χ1) is 9.25. The zero-order valence-corrected chi connectivity index (χ0v) is 13.4. The van der Waals surface area contributed by atoms with Crippen molar-refractivity contribution in [2.45, 2.75) is 44.6 Å². The van der Waals surface area contributed by atoms with Crippen molar-refractivity contribution >= 4 is 15.9 Å². The highest BCUT2D eigenvalue weighted by Gasteiger charge is 2.16. The van der Waals surface area contributed by atoms with Crippen LogP contribution in [0.3, 0.4) is 0 Å². The number of benzene rings is 1. The molecule has 0 unspecified atom stereocenters. The Labute approximate surface area is 125 Å². The van der Waals surface area contributed by atoms with E-state index in [1.54, 1.807) is 0 Å². The van der Waals surface area contributed by atoms with Crippen molar-refractivity contribution in [3.63, 3.8) is 0 Å². The first kappa shape index (κ1) is 14.9. The van der Waals surface area contributed by atoms with Gasteiger partial charge in [-0.3, -0.25) is 0 Å². The van der Waals surface area contributed by atoms with Crippen LogP contribution in [0.2, 0.25) is 0 Å². The normalized spacial score (nSPS) is 17.4. The van der Waals surface area contributed by atoms with E-state index >= 15 is 0 Å². The predicted molar refractivity (Wildman–Crippen MR) is 83.8 cm³/mol. The summed E-state index contributed by atoms with van der Waals surface area (Å²) in [6.45, 7) is 1.79. The fraction of sp³-hybridized carbons (Fsp3) is 0.625. The quantitative estimate of drug-likeness (QED) is 0.740. The molecule has 106 valence electrons. The largest absolute Gasteiger partial charge is 0.492 e. The molecule has 0 N–H and O–H groups in total. The van der Waals surface area contributed by atoms with Crippen LogP contribution in [0, 0.1) is 0 Å². The van der Waals surface area contributed by atoms with Crippen molar-refractivity contribution in [1.82, 2.24) is 4.90 Å². The minimum atomic E-state index is 0.760. The van der Waals surface area contributed by atoms with Crippen molar-refractivity contribution in [3.8, 4) is 5.75 Å². The van der Waals surface area contributed by atoms with E-state index < -0.39 is 0 Å². The molecule has 1 saturated carbocycles. The Morgan fingerprint density at radius 2 is 1.74 bits per heavy atom. The van der Waals surface area contributed by atoms with E-state index in [4.69, 9.17) is 4.74 Å². The SMILES string of the molecule is CN(CCOc1ccc(Br)cc1)C1CCCCCC1. The molecule has 0 spiro atoms. The minimum absolute atomic E-state index is 0.760. The maximum Gasteiger partial charge on any atom is 0.119 e. The van der Waals surface area contributed by atoms with Gasteiger partial charge in [-0.2, -0.15) is 0 Å². The first-order valence-corrected chi connectivity index (χ1v) is 8.13. The monoisotopic (exact) mass is 325 g/mol. The van der Waals surface area contributed by atoms with Gasteiger partial charge in [0.25, 0.3) is 0 Å². The van der Waals surface area contributed by atoms with Crippen molar-refractivity contribution in [2.75, 3.05) is 20.2 Å². The molecule has 0 aromatic heterocycles. The van der Waals surface area contributed by atoms with Gasteiger partial charge in [-0.25, -0.2) is 0 Å². The lowest BCUT2D eigenvalue weighted by Crippen LogP contribution is -2.34. The van der Waals surface area contributed by atoms with E-state index in [-0.39, 0.29) is 0 Å². The molecule has 0 aliphatic heterocycles.